The summed E-state index contributed by atoms with van der Waals surface area (Å²) < 4.78 is 5.43. The van der Waals surface area contributed by atoms with Gasteiger partial charge in [-0.3, -0.25) is 9.69 Å². The van der Waals surface area contributed by atoms with Gasteiger partial charge in [-0.1, -0.05) is 6.42 Å². The summed E-state index contributed by atoms with van der Waals surface area (Å²) in [6.45, 7) is 10.5. The van der Waals surface area contributed by atoms with Gasteiger partial charge in [-0.15, -0.1) is 0 Å². The lowest BCUT2D eigenvalue weighted by Crippen LogP contribution is -2.44. The van der Waals surface area contributed by atoms with Crippen LogP contribution in [0.1, 0.15) is 52.9 Å². The molecule has 0 unspecified atom stereocenters. The third-order valence-corrected chi connectivity index (χ3v) is 5.62. The minimum absolute atomic E-state index is 0.0669. The zero-order valence-electron chi connectivity index (χ0n) is 16.0. The Morgan fingerprint density at radius 1 is 0.880 bits per heavy atom. The number of likely N-dealkylation sites (tertiary alicyclic amines) is 1. The SMILES string of the molecule is CC(C)(C)OC(=O)N1CC[C@@H](C(=O)N2CCCN(C3CCC3)CC2)C1. The molecule has 0 aromatic rings. The number of nitrogens with zero attached hydrogens (tertiary/aromatic N) is 3. The lowest BCUT2D eigenvalue weighted by atomic mass is 9.91. The molecular formula is C19H33N3O3. The highest BCUT2D eigenvalue weighted by Gasteiger charge is 2.36. The number of rotatable bonds is 2. The average molecular weight is 351 g/mol. The molecule has 1 aliphatic carbocycles. The predicted molar refractivity (Wildman–Crippen MR) is 96.3 cm³/mol. The second-order valence-corrected chi connectivity index (χ2v) is 8.71. The first-order chi connectivity index (χ1) is 11.8. The van der Waals surface area contributed by atoms with Gasteiger partial charge in [-0.05, 0) is 46.5 Å². The topological polar surface area (TPSA) is 53.1 Å². The maximum atomic E-state index is 12.9. The highest BCUT2D eigenvalue weighted by atomic mass is 16.6. The standard InChI is InChI=1S/C19H33N3O3/c1-19(2,3)25-18(24)22-11-8-15(14-22)17(23)21-10-5-9-20(12-13-21)16-6-4-7-16/h15-16H,4-14H2,1-3H3/t15-/m1/s1. The molecule has 3 rings (SSSR count). The molecule has 25 heavy (non-hydrogen) atoms. The molecule has 142 valence electrons. The maximum Gasteiger partial charge on any atom is 0.410 e. The first-order valence-corrected chi connectivity index (χ1v) is 9.84. The van der Waals surface area contributed by atoms with Gasteiger partial charge in [0.05, 0.1) is 5.92 Å². The van der Waals surface area contributed by atoms with Crippen molar-refractivity contribution in [1.82, 2.24) is 14.7 Å². The fourth-order valence-electron chi connectivity index (χ4n) is 3.99. The molecule has 0 spiro atoms. The Hall–Kier alpha value is -1.30. The van der Waals surface area contributed by atoms with E-state index in [4.69, 9.17) is 4.74 Å². The second kappa shape index (κ2) is 7.52. The Labute approximate surface area is 151 Å². The van der Waals surface area contributed by atoms with Crippen LogP contribution in [0.15, 0.2) is 0 Å². The Balaban J connectivity index is 1.49. The third-order valence-electron chi connectivity index (χ3n) is 5.62. The molecule has 2 aliphatic heterocycles. The van der Waals surface area contributed by atoms with Crippen molar-refractivity contribution in [3.8, 4) is 0 Å². The maximum absolute atomic E-state index is 12.9. The number of ether oxygens (including phenoxy) is 1. The quantitative estimate of drug-likeness (QED) is 0.766. The highest BCUT2D eigenvalue weighted by Crippen LogP contribution is 2.26. The molecule has 2 saturated heterocycles. The van der Waals surface area contributed by atoms with Crippen LogP contribution in [0.2, 0.25) is 0 Å². The fraction of sp³-hybridized carbons (Fsp3) is 0.895. The Morgan fingerprint density at radius 2 is 1.64 bits per heavy atom. The first kappa shape index (κ1) is 18.5. The summed E-state index contributed by atoms with van der Waals surface area (Å²) >= 11 is 0. The van der Waals surface area contributed by atoms with Crippen molar-refractivity contribution < 1.29 is 14.3 Å². The van der Waals surface area contributed by atoms with Gasteiger partial charge in [0.25, 0.3) is 0 Å². The van der Waals surface area contributed by atoms with E-state index in [2.05, 4.69) is 4.90 Å². The van der Waals surface area contributed by atoms with Crippen LogP contribution in [0.4, 0.5) is 4.79 Å². The van der Waals surface area contributed by atoms with Crippen molar-refractivity contribution in [2.75, 3.05) is 39.3 Å². The summed E-state index contributed by atoms with van der Waals surface area (Å²) in [5.74, 6) is 0.157. The minimum atomic E-state index is -0.491. The minimum Gasteiger partial charge on any atom is -0.444 e. The van der Waals surface area contributed by atoms with Gasteiger partial charge < -0.3 is 14.5 Å². The molecule has 0 radical (unpaired) electrons. The number of hydrogen-bond acceptors (Lipinski definition) is 4. The molecule has 1 atom stereocenters. The zero-order valence-corrected chi connectivity index (χ0v) is 16.0. The van der Waals surface area contributed by atoms with Crippen LogP contribution in [0.5, 0.6) is 0 Å². The van der Waals surface area contributed by atoms with Crippen LogP contribution in [0.3, 0.4) is 0 Å². The van der Waals surface area contributed by atoms with Crippen LogP contribution < -0.4 is 0 Å². The van der Waals surface area contributed by atoms with Crippen molar-refractivity contribution in [1.29, 1.82) is 0 Å². The molecule has 0 bridgehead atoms. The van der Waals surface area contributed by atoms with Crippen molar-refractivity contribution in [2.24, 2.45) is 5.92 Å². The van der Waals surface area contributed by atoms with E-state index in [1.807, 2.05) is 25.7 Å². The molecule has 2 heterocycles. The molecule has 2 amide bonds. The number of carbonyl (C=O) groups is 2. The summed E-state index contributed by atoms with van der Waals surface area (Å²) in [6.07, 6.45) is 5.51. The van der Waals surface area contributed by atoms with E-state index in [1.165, 1.54) is 19.3 Å². The zero-order chi connectivity index (χ0) is 18.0. The lowest BCUT2D eigenvalue weighted by Gasteiger charge is -2.36. The fourth-order valence-corrected chi connectivity index (χ4v) is 3.99. The van der Waals surface area contributed by atoms with Gasteiger partial charge in [0, 0.05) is 45.3 Å². The van der Waals surface area contributed by atoms with E-state index in [0.29, 0.717) is 13.1 Å². The van der Waals surface area contributed by atoms with E-state index in [-0.39, 0.29) is 17.9 Å². The monoisotopic (exact) mass is 351 g/mol. The van der Waals surface area contributed by atoms with E-state index in [9.17, 15) is 9.59 Å². The average Bonchev–Trinajstić information content (AvgIpc) is 2.84. The van der Waals surface area contributed by atoms with Crippen molar-refractivity contribution in [2.45, 2.75) is 64.5 Å². The smallest absolute Gasteiger partial charge is 0.410 e. The van der Waals surface area contributed by atoms with Crippen molar-refractivity contribution in [3.63, 3.8) is 0 Å². The predicted octanol–water partition coefficient (Wildman–Crippen LogP) is 2.33. The first-order valence-electron chi connectivity index (χ1n) is 9.84. The molecule has 1 saturated carbocycles. The molecule has 0 N–H and O–H groups in total. The number of hydrogen-bond donors (Lipinski definition) is 0. The summed E-state index contributed by atoms with van der Waals surface area (Å²) in [7, 11) is 0. The number of carbonyl (C=O) groups excluding carboxylic acids is 2. The Bertz CT molecular complexity index is 499. The Morgan fingerprint density at radius 3 is 2.28 bits per heavy atom. The molecule has 3 aliphatic rings. The van der Waals surface area contributed by atoms with Crippen molar-refractivity contribution in [3.05, 3.63) is 0 Å². The second-order valence-electron chi connectivity index (χ2n) is 8.71. The summed E-state index contributed by atoms with van der Waals surface area (Å²) in [4.78, 5) is 31.4. The number of amides is 2. The summed E-state index contributed by atoms with van der Waals surface area (Å²) in [5, 5.41) is 0. The van der Waals surface area contributed by atoms with Gasteiger partial charge in [0.2, 0.25) is 5.91 Å². The van der Waals surface area contributed by atoms with Gasteiger partial charge in [-0.25, -0.2) is 4.79 Å². The summed E-state index contributed by atoms with van der Waals surface area (Å²) in [6, 6.07) is 0.754. The van der Waals surface area contributed by atoms with Crippen LogP contribution in [-0.4, -0.2) is 77.6 Å². The van der Waals surface area contributed by atoms with Gasteiger partial charge in [0.1, 0.15) is 5.60 Å². The largest absolute Gasteiger partial charge is 0.444 e. The van der Waals surface area contributed by atoms with E-state index in [1.54, 1.807) is 4.90 Å². The normalized spacial score (nSPS) is 26.3. The van der Waals surface area contributed by atoms with E-state index < -0.39 is 5.60 Å². The summed E-state index contributed by atoms with van der Waals surface area (Å²) in [5.41, 5.74) is -0.491. The third kappa shape index (κ3) is 4.66. The van der Waals surface area contributed by atoms with Gasteiger partial charge in [-0.2, -0.15) is 0 Å². The van der Waals surface area contributed by atoms with Crippen LogP contribution in [-0.2, 0) is 9.53 Å². The van der Waals surface area contributed by atoms with E-state index >= 15 is 0 Å². The molecular weight excluding hydrogens is 318 g/mol. The molecule has 0 aromatic carbocycles. The van der Waals surface area contributed by atoms with Crippen LogP contribution >= 0.6 is 0 Å². The van der Waals surface area contributed by atoms with Crippen molar-refractivity contribution >= 4 is 12.0 Å². The molecule has 3 fully saturated rings. The van der Waals surface area contributed by atoms with Crippen LogP contribution in [0, 0.1) is 5.92 Å². The van der Waals surface area contributed by atoms with Gasteiger partial charge in [0.15, 0.2) is 0 Å². The highest BCUT2D eigenvalue weighted by molar-refractivity contribution is 5.80. The Kier molecular flexibility index (Phi) is 5.56. The van der Waals surface area contributed by atoms with Crippen LogP contribution in [0.25, 0.3) is 0 Å². The molecule has 0 aromatic heterocycles. The lowest BCUT2D eigenvalue weighted by molar-refractivity contribution is -0.135. The molecule has 6 heteroatoms. The van der Waals surface area contributed by atoms with E-state index in [0.717, 1.165) is 45.1 Å². The molecule has 6 nitrogen and oxygen atoms in total. The van der Waals surface area contributed by atoms with Gasteiger partial charge >= 0.3 is 6.09 Å².